The number of nitrogens with zero attached hydrogens (tertiary/aromatic N) is 2. The number of fused-ring (bicyclic) bond motifs is 1. The highest BCUT2D eigenvalue weighted by atomic mass is 32.2. The molecule has 4 heteroatoms. The quantitative estimate of drug-likeness (QED) is 0.690. The summed E-state index contributed by atoms with van der Waals surface area (Å²) < 4.78 is 0. The Kier molecular flexibility index (Phi) is 9.70. The third kappa shape index (κ3) is 5.03. The van der Waals surface area contributed by atoms with E-state index in [4.69, 9.17) is 0 Å². The van der Waals surface area contributed by atoms with E-state index >= 15 is 0 Å². The van der Waals surface area contributed by atoms with Crippen LogP contribution in [0.25, 0.3) is 11.0 Å². The molecule has 2 aromatic rings. The molecule has 0 radical (unpaired) electrons. The molecule has 0 aliphatic heterocycles. The summed E-state index contributed by atoms with van der Waals surface area (Å²) >= 11 is 3.29. The molecule has 1 aromatic carbocycles. The summed E-state index contributed by atoms with van der Waals surface area (Å²) in [6.07, 6.45) is 4.06. The molecule has 0 saturated heterocycles. The highest BCUT2D eigenvalue weighted by Gasteiger charge is 2.06. The van der Waals surface area contributed by atoms with Gasteiger partial charge in [-0.2, -0.15) is 0 Å². The number of benzene rings is 1. The summed E-state index contributed by atoms with van der Waals surface area (Å²) in [4.78, 5) is 9.19. The van der Waals surface area contributed by atoms with Crippen molar-refractivity contribution in [2.75, 3.05) is 12.5 Å². The van der Waals surface area contributed by atoms with Crippen LogP contribution in [0.2, 0.25) is 0 Å². The van der Waals surface area contributed by atoms with E-state index in [-0.39, 0.29) is 0 Å². The standard InChI is InChI=1S/C11H12N2S2.2C2H6/c1-7-4-5-8-9(6-7)13-11(15-3)10(12-8)14-2;2*1-2/h4-6H,1-3H3;2*1-2H3. The van der Waals surface area contributed by atoms with E-state index in [2.05, 4.69) is 29.0 Å². The van der Waals surface area contributed by atoms with Crippen molar-refractivity contribution in [3.05, 3.63) is 23.8 Å². The molecule has 1 heterocycles. The Bertz CT molecular complexity index is 499. The minimum atomic E-state index is 0.975. The van der Waals surface area contributed by atoms with Crippen LogP contribution in [0.5, 0.6) is 0 Å². The number of aryl methyl sites for hydroxylation is 1. The second-order valence-electron chi connectivity index (χ2n) is 3.23. The lowest BCUT2D eigenvalue weighted by Gasteiger charge is -2.05. The Balaban J connectivity index is 0.000000741. The normalized spacial score (nSPS) is 9.21. The molecular formula is C15H24N2S2. The summed E-state index contributed by atoms with van der Waals surface area (Å²) in [5.41, 5.74) is 3.18. The zero-order chi connectivity index (χ0) is 14.8. The van der Waals surface area contributed by atoms with Crippen molar-refractivity contribution < 1.29 is 0 Å². The van der Waals surface area contributed by atoms with E-state index in [0.29, 0.717) is 0 Å². The molecule has 0 amide bonds. The number of hydrogen-bond acceptors (Lipinski definition) is 4. The predicted octanol–water partition coefficient (Wildman–Crippen LogP) is 5.43. The van der Waals surface area contributed by atoms with Crippen LogP contribution in [-0.4, -0.2) is 22.5 Å². The van der Waals surface area contributed by atoms with Gasteiger partial charge in [0.15, 0.2) is 0 Å². The molecule has 0 aliphatic carbocycles. The van der Waals surface area contributed by atoms with Gasteiger partial charge in [0.25, 0.3) is 0 Å². The lowest BCUT2D eigenvalue weighted by Crippen LogP contribution is -1.91. The van der Waals surface area contributed by atoms with Gasteiger partial charge in [-0.25, -0.2) is 9.97 Å². The van der Waals surface area contributed by atoms with Crippen molar-refractivity contribution in [2.45, 2.75) is 44.7 Å². The summed E-state index contributed by atoms with van der Waals surface area (Å²) in [6, 6.07) is 6.17. The average Bonchev–Trinajstić information content (AvgIpc) is 2.49. The first kappa shape index (κ1) is 18.3. The van der Waals surface area contributed by atoms with Gasteiger partial charge in [-0.3, -0.25) is 0 Å². The maximum atomic E-state index is 4.60. The molecule has 0 spiro atoms. The minimum Gasteiger partial charge on any atom is -0.237 e. The van der Waals surface area contributed by atoms with E-state index in [1.807, 2.05) is 46.3 Å². The molecule has 0 atom stereocenters. The first-order chi connectivity index (χ1) is 9.24. The third-order valence-electron chi connectivity index (χ3n) is 2.14. The van der Waals surface area contributed by atoms with Crippen LogP contribution in [0.4, 0.5) is 0 Å². The largest absolute Gasteiger partial charge is 0.237 e. The molecule has 2 nitrogen and oxygen atoms in total. The highest BCUT2D eigenvalue weighted by Crippen LogP contribution is 2.26. The number of aromatic nitrogens is 2. The van der Waals surface area contributed by atoms with Crippen LogP contribution in [0.15, 0.2) is 28.3 Å². The SMILES string of the molecule is CC.CC.CSc1nc2ccc(C)cc2nc1SC. The Labute approximate surface area is 125 Å². The highest BCUT2D eigenvalue weighted by molar-refractivity contribution is 8.01. The summed E-state index contributed by atoms with van der Waals surface area (Å²) in [6.45, 7) is 10.1. The van der Waals surface area contributed by atoms with Crippen LogP contribution in [0, 0.1) is 6.92 Å². The number of thioether (sulfide) groups is 2. The fourth-order valence-electron chi connectivity index (χ4n) is 1.40. The van der Waals surface area contributed by atoms with Crippen LogP contribution in [-0.2, 0) is 0 Å². The molecule has 19 heavy (non-hydrogen) atoms. The Morgan fingerprint density at radius 2 is 1.26 bits per heavy atom. The van der Waals surface area contributed by atoms with Crippen molar-refractivity contribution >= 4 is 34.6 Å². The van der Waals surface area contributed by atoms with E-state index in [1.165, 1.54) is 5.56 Å². The smallest absolute Gasteiger partial charge is 0.129 e. The van der Waals surface area contributed by atoms with Crippen LogP contribution < -0.4 is 0 Å². The van der Waals surface area contributed by atoms with Crippen LogP contribution in [0.3, 0.4) is 0 Å². The van der Waals surface area contributed by atoms with Crippen molar-refractivity contribution in [3.8, 4) is 0 Å². The van der Waals surface area contributed by atoms with Crippen molar-refractivity contribution in [2.24, 2.45) is 0 Å². The predicted molar refractivity (Wildman–Crippen MR) is 90.5 cm³/mol. The van der Waals surface area contributed by atoms with Gasteiger partial charge in [0, 0.05) is 0 Å². The van der Waals surface area contributed by atoms with Crippen LogP contribution in [0.1, 0.15) is 33.3 Å². The molecule has 2 rings (SSSR count). The average molecular weight is 297 g/mol. The van der Waals surface area contributed by atoms with Gasteiger partial charge in [0.05, 0.1) is 11.0 Å². The zero-order valence-electron chi connectivity index (χ0n) is 12.9. The molecule has 0 fully saturated rings. The molecule has 0 N–H and O–H groups in total. The Morgan fingerprint density at radius 3 is 1.74 bits per heavy atom. The Morgan fingerprint density at radius 1 is 0.789 bits per heavy atom. The first-order valence-corrected chi connectivity index (χ1v) is 9.06. The molecule has 0 unspecified atom stereocenters. The molecule has 0 saturated carbocycles. The lowest BCUT2D eigenvalue weighted by molar-refractivity contribution is 0.973. The van der Waals surface area contributed by atoms with E-state index in [0.717, 1.165) is 21.1 Å². The summed E-state index contributed by atoms with van der Waals surface area (Å²) in [5, 5.41) is 2.03. The zero-order valence-corrected chi connectivity index (χ0v) is 14.6. The van der Waals surface area contributed by atoms with E-state index in [1.54, 1.807) is 23.5 Å². The van der Waals surface area contributed by atoms with Gasteiger partial charge in [-0.1, -0.05) is 33.8 Å². The molecule has 0 aliphatic rings. The van der Waals surface area contributed by atoms with E-state index in [9.17, 15) is 0 Å². The minimum absolute atomic E-state index is 0.975. The van der Waals surface area contributed by atoms with Gasteiger partial charge in [-0.05, 0) is 37.1 Å². The fourth-order valence-corrected chi connectivity index (χ4v) is 2.72. The molecule has 0 bridgehead atoms. The van der Waals surface area contributed by atoms with Crippen molar-refractivity contribution in [3.63, 3.8) is 0 Å². The molecular weight excluding hydrogens is 272 g/mol. The van der Waals surface area contributed by atoms with Gasteiger partial charge < -0.3 is 0 Å². The maximum Gasteiger partial charge on any atom is 0.129 e. The van der Waals surface area contributed by atoms with Gasteiger partial charge in [0.1, 0.15) is 10.1 Å². The number of hydrogen-bond donors (Lipinski definition) is 0. The maximum absolute atomic E-state index is 4.60. The monoisotopic (exact) mass is 296 g/mol. The first-order valence-electron chi connectivity index (χ1n) is 6.61. The molecule has 1 aromatic heterocycles. The van der Waals surface area contributed by atoms with Crippen molar-refractivity contribution in [1.82, 2.24) is 9.97 Å². The number of rotatable bonds is 2. The van der Waals surface area contributed by atoms with Gasteiger partial charge >= 0.3 is 0 Å². The lowest BCUT2D eigenvalue weighted by atomic mass is 10.2. The second-order valence-corrected chi connectivity index (χ2v) is 4.82. The second kappa shape index (κ2) is 10.1. The van der Waals surface area contributed by atoms with E-state index < -0.39 is 0 Å². The fraction of sp³-hybridized carbons (Fsp3) is 0.467. The van der Waals surface area contributed by atoms with Gasteiger partial charge in [-0.15, -0.1) is 23.5 Å². The van der Waals surface area contributed by atoms with Crippen molar-refractivity contribution in [1.29, 1.82) is 0 Å². The Hall–Kier alpha value is -0.740. The summed E-state index contributed by atoms with van der Waals surface area (Å²) in [5.74, 6) is 0. The van der Waals surface area contributed by atoms with Crippen LogP contribution >= 0.6 is 23.5 Å². The summed E-state index contributed by atoms with van der Waals surface area (Å²) in [7, 11) is 0. The van der Waals surface area contributed by atoms with Gasteiger partial charge in [0.2, 0.25) is 0 Å². The third-order valence-corrected chi connectivity index (χ3v) is 3.62. The topological polar surface area (TPSA) is 25.8 Å². The molecule has 106 valence electrons.